The molecule has 3 heterocycles. The number of hydrogen-bond donors (Lipinski definition) is 2. The summed E-state index contributed by atoms with van der Waals surface area (Å²) in [6.45, 7) is 0.255. The van der Waals surface area contributed by atoms with E-state index in [-0.39, 0.29) is 41.1 Å². The Morgan fingerprint density at radius 3 is 2.61 bits per heavy atom. The van der Waals surface area contributed by atoms with Crippen LogP contribution in [0.25, 0.3) is 22.2 Å². The van der Waals surface area contributed by atoms with Crippen LogP contribution in [0.1, 0.15) is 11.1 Å². The average molecular weight is 577 g/mol. The number of aromatic nitrogens is 3. The van der Waals surface area contributed by atoms with Gasteiger partial charge in [0.05, 0.1) is 67.2 Å². The first-order valence-electron chi connectivity index (χ1n) is 12.5. The van der Waals surface area contributed by atoms with Crippen LogP contribution in [0, 0.1) is 5.82 Å². The van der Waals surface area contributed by atoms with E-state index in [9.17, 15) is 14.3 Å². The second-order valence-corrected chi connectivity index (χ2v) is 9.51. The van der Waals surface area contributed by atoms with Crippen molar-refractivity contribution in [3.63, 3.8) is 0 Å². The summed E-state index contributed by atoms with van der Waals surface area (Å²) < 4.78 is 32.1. The summed E-state index contributed by atoms with van der Waals surface area (Å²) in [6, 6.07) is 14.8. The van der Waals surface area contributed by atoms with Crippen LogP contribution in [0.5, 0.6) is 17.4 Å². The van der Waals surface area contributed by atoms with Crippen LogP contribution >= 0.6 is 11.6 Å². The molecule has 0 bridgehead atoms. The quantitative estimate of drug-likeness (QED) is 0.202. The van der Waals surface area contributed by atoms with E-state index in [1.807, 2.05) is 6.07 Å². The second-order valence-electron chi connectivity index (χ2n) is 9.10. The molecule has 0 aliphatic heterocycles. The van der Waals surface area contributed by atoms with Gasteiger partial charge in [0.15, 0.2) is 0 Å². The van der Waals surface area contributed by atoms with E-state index in [1.54, 1.807) is 67.6 Å². The number of halogens is 2. The fraction of sp³-hybridized carbons (Fsp3) is 0.167. The highest BCUT2D eigenvalue weighted by molar-refractivity contribution is 6.33. The van der Waals surface area contributed by atoms with E-state index in [0.717, 1.165) is 5.56 Å². The second kappa shape index (κ2) is 11.7. The molecule has 0 aliphatic rings. The van der Waals surface area contributed by atoms with Gasteiger partial charge in [0.25, 0.3) is 0 Å². The van der Waals surface area contributed by atoms with Gasteiger partial charge in [-0.15, -0.1) is 0 Å². The van der Waals surface area contributed by atoms with Crippen molar-refractivity contribution < 1.29 is 28.5 Å². The minimum atomic E-state index is -0.535. The molecule has 5 aromatic rings. The third-order valence-electron chi connectivity index (χ3n) is 6.54. The molecular weight excluding hydrogens is 551 g/mol. The molecule has 210 valence electrons. The molecule has 0 saturated heterocycles. The summed E-state index contributed by atoms with van der Waals surface area (Å²) in [4.78, 5) is 20.7. The summed E-state index contributed by atoms with van der Waals surface area (Å²) in [5.41, 5.74) is 2.68. The van der Waals surface area contributed by atoms with Gasteiger partial charge in [-0.25, -0.2) is 14.4 Å². The molecule has 5 rings (SSSR count). The Morgan fingerprint density at radius 1 is 1.10 bits per heavy atom. The van der Waals surface area contributed by atoms with Crippen molar-refractivity contribution >= 4 is 40.0 Å². The number of nitrogens with zero attached hydrogens (tertiary/aromatic N) is 3. The van der Waals surface area contributed by atoms with Crippen molar-refractivity contribution in [2.24, 2.45) is 0 Å². The first-order chi connectivity index (χ1) is 19.8. The van der Waals surface area contributed by atoms with Gasteiger partial charge in [-0.05, 0) is 42.0 Å². The monoisotopic (exact) mass is 576 g/mol. The van der Waals surface area contributed by atoms with Gasteiger partial charge in [-0.1, -0.05) is 23.7 Å². The molecule has 2 N–H and O–H groups in total. The summed E-state index contributed by atoms with van der Waals surface area (Å²) in [5, 5.41) is 15.2. The molecule has 0 amide bonds. The minimum absolute atomic E-state index is 0.0682. The molecule has 2 aromatic carbocycles. The van der Waals surface area contributed by atoms with Crippen LogP contribution < -0.4 is 14.8 Å². The first kappa shape index (κ1) is 27.7. The van der Waals surface area contributed by atoms with Gasteiger partial charge in [-0.3, -0.25) is 4.79 Å². The molecule has 3 aromatic heterocycles. The number of fused-ring (bicyclic) bond motifs is 1. The van der Waals surface area contributed by atoms with Crippen LogP contribution in [0.2, 0.25) is 5.02 Å². The topological polar surface area (TPSA) is 108 Å². The number of ether oxygens (including phenoxy) is 3. The van der Waals surface area contributed by atoms with E-state index in [0.29, 0.717) is 39.5 Å². The fourth-order valence-corrected chi connectivity index (χ4v) is 4.74. The lowest BCUT2D eigenvalue weighted by Gasteiger charge is -2.13. The number of rotatable bonds is 9. The molecule has 41 heavy (non-hydrogen) atoms. The summed E-state index contributed by atoms with van der Waals surface area (Å²) in [5.74, 6) is 0.670. The zero-order valence-electron chi connectivity index (χ0n) is 22.4. The van der Waals surface area contributed by atoms with Gasteiger partial charge in [-0.2, -0.15) is 0 Å². The number of esters is 1. The molecule has 0 atom stereocenters. The Kier molecular flexibility index (Phi) is 7.93. The lowest BCUT2D eigenvalue weighted by atomic mass is 10.1. The van der Waals surface area contributed by atoms with Gasteiger partial charge in [0.2, 0.25) is 5.88 Å². The summed E-state index contributed by atoms with van der Waals surface area (Å²) in [6.07, 6.45) is 3.30. The lowest BCUT2D eigenvalue weighted by molar-refractivity contribution is -0.139. The molecule has 9 nitrogen and oxygen atoms in total. The van der Waals surface area contributed by atoms with Crippen LogP contribution in [0.15, 0.2) is 67.0 Å². The number of benzene rings is 2. The van der Waals surface area contributed by atoms with Crippen molar-refractivity contribution in [3.8, 4) is 28.6 Å². The standard InChI is InChI=1S/C30H26ClFN4O5/c1-39-19-9-8-18(25(12-19)40-2)15-36-16-24-29(30(36)38)23(13-22(34-24)28-20(31)5-4-6-21(28)32)35-26-10-7-17(14-33-26)11-27(37)41-3/h4-10,12-14,16,38H,11,15H2,1-3H3,(H,33,35). The van der Waals surface area contributed by atoms with Crippen LogP contribution in [-0.2, 0) is 22.5 Å². The Hall–Kier alpha value is -4.83. The number of anilines is 2. The summed E-state index contributed by atoms with van der Waals surface area (Å²) >= 11 is 6.37. The number of hydrogen-bond acceptors (Lipinski definition) is 8. The number of aromatic hydroxyl groups is 1. The Labute approximate surface area is 240 Å². The largest absolute Gasteiger partial charge is 0.497 e. The highest BCUT2D eigenvalue weighted by Gasteiger charge is 2.20. The van der Waals surface area contributed by atoms with E-state index in [1.165, 1.54) is 19.2 Å². The van der Waals surface area contributed by atoms with Crippen molar-refractivity contribution in [1.29, 1.82) is 0 Å². The van der Waals surface area contributed by atoms with E-state index >= 15 is 0 Å². The molecular formula is C30H26ClFN4O5. The maximum atomic E-state index is 14.9. The number of pyridine rings is 2. The minimum Gasteiger partial charge on any atom is -0.497 e. The molecule has 0 unspecified atom stereocenters. The number of carbonyl (C=O) groups is 1. The van der Waals surface area contributed by atoms with E-state index in [2.05, 4.69) is 15.3 Å². The van der Waals surface area contributed by atoms with Crippen molar-refractivity contribution in [1.82, 2.24) is 14.5 Å². The smallest absolute Gasteiger partial charge is 0.310 e. The SMILES string of the molecule is COC(=O)Cc1ccc(Nc2cc(-c3c(F)cccc3Cl)nc3cn(Cc4ccc(OC)cc4OC)c(O)c23)nc1. The van der Waals surface area contributed by atoms with E-state index < -0.39 is 5.82 Å². The maximum absolute atomic E-state index is 14.9. The van der Waals surface area contributed by atoms with Crippen LogP contribution in [0.4, 0.5) is 15.9 Å². The zero-order chi connectivity index (χ0) is 29.1. The molecule has 0 spiro atoms. The molecule has 0 saturated carbocycles. The third kappa shape index (κ3) is 5.73. The number of methoxy groups -OCH3 is 3. The highest BCUT2D eigenvalue weighted by atomic mass is 35.5. The molecule has 11 heteroatoms. The number of carbonyl (C=O) groups excluding carboxylic acids is 1. The summed E-state index contributed by atoms with van der Waals surface area (Å²) in [7, 11) is 4.45. The Bertz CT molecular complexity index is 1720. The van der Waals surface area contributed by atoms with Gasteiger partial charge < -0.3 is 29.2 Å². The van der Waals surface area contributed by atoms with Gasteiger partial charge in [0, 0.05) is 24.0 Å². The lowest BCUT2D eigenvalue weighted by Crippen LogP contribution is -2.05. The highest BCUT2D eigenvalue weighted by Crippen LogP contribution is 2.40. The predicted octanol–water partition coefficient (Wildman–Crippen LogP) is 6.12. The molecule has 0 aliphatic carbocycles. The van der Waals surface area contributed by atoms with Crippen molar-refractivity contribution in [2.45, 2.75) is 13.0 Å². The fourth-order valence-electron chi connectivity index (χ4n) is 4.48. The van der Waals surface area contributed by atoms with Crippen molar-refractivity contribution in [2.75, 3.05) is 26.6 Å². The third-order valence-corrected chi connectivity index (χ3v) is 6.85. The van der Waals surface area contributed by atoms with Crippen LogP contribution in [0.3, 0.4) is 0 Å². The molecule has 0 fully saturated rings. The Balaban J connectivity index is 1.60. The van der Waals surface area contributed by atoms with Crippen LogP contribution in [-0.4, -0.2) is 46.9 Å². The van der Waals surface area contributed by atoms with Gasteiger partial charge in [0.1, 0.15) is 23.1 Å². The molecule has 0 radical (unpaired) electrons. The average Bonchev–Trinajstić information content (AvgIpc) is 3.28. The number of nitrogens with one attached hydrogen (secondary N) is 1. The van der Waals surface area contributed by atoms with E-state index in [4.69, 9.17) is 25.8 Å². The van der Waals surface area contributed by atoms with Gasteiger partial charge >= 0.3 is 5.97 Å². The zero-order valence-corrected chi connectivity index (χ0v) is 23.2. The first-order valence-corrected chi connectivity index (χ1v) is 12.9. The Morgan fingerprint density at radius 2 is 1.93 bits per heavy atom. The predicted molar refractivity (Wildman–Crippen MR) is 154 cm³/mol. The van der Waals surface area contributed by atoms with Crippen molar-refractivity contribution in [3.05, 3.63) is 89.0 Å². The normalized spacial score (nSPS) is 11.0. The maximum Gasteiger partial charge on any atom is 0.310 e.